The number of esters is 1. The van der Waals surface area contributed by atoms with Gasteiger partial charge in [-0.25, -0.2) is 4.79 Å². The van der Waals surface area contributed by atoms with Gasteiger partial charge in [0.2, 0.25) is 0 Å². The van der Waals surface area contributed by atoms with Crippen molar-refractivity contribution in [3.63, 3.8) is 0 Å². The molecule has 35 heavy (non-hydrogen) atoms. The zero-order valence-corrected chi connectivity index (χ0v) is 19.3. The number of carbonyl (C=O) groups is 4. The van der Waals surface area contributed by atoms with E-state index in [1.807, 2.05) is 13.8 Å². The molecule has 4 rings (SSSR count). The molecule has 0 unspecified atom stereocenters. The van der Waals surface area contributed by atoms with Crippen LogP contribution >= 0.6 is 0 Å². The van der Waals surface area contributed by atoms with Crippen molar-refractivity contribution >= 4 is 34.7 Å². The summed E-state index contributed by atoms with van der Waals surface area (Å²) in [6.07, 6.45) is 0.214. The Morgan fingerprint density at radius 3 is 2.34 bits per heavy atom. The average Bonchev–Trinajstić information content (AvgIpc) is 3.07. The molecule has 180 valence electrons. The topological polar surface area (TPSA) is 123 Å². The summed E-state index contributed by atoms with van der Waals surface area (Å²) in [6, 6.07) is 12.5. The monoisotopic (exact) mass is 476 g/mol. The summed E-state index contributed by atoms with van der Waals surface area (Å²) in [5.74, 6) is -1.42. The van der Waals surface area contributed by atoms with E-state index in [9.17, 15) is 24.0 Å². The first-order chi connectivity index (χ1) is 16.7. The van der Waals surface area contributed by atoms with Gasteiger partial charge in [0.1, 0.15) is 16.9 Å². The zero-order valence-electron chi connectivity index (χ0n) is 19.3. The molecule has 0 saturated heterocycles. The van der Waals surface area contributed by atoms with Crippen LogP contribution in [0.1, 0.15) is 57.8 Å². The highest BCUT2D eigenvalue weighted by molar-refractivity contribution is 6.21. The third kappa shape index (κ3) is 5.13. The van der Waals surface area contributed by atoms with Gasteiger partial charge >= 0.3 is 11.6 Å². The lowest BCUT2D eigenvalue weighted by Crippen LogP contribution is -2.31. The molecule has 1 aliphatic rings. The number of rotatable bonds is 8. The largest absolute Gasteiger partial charge is 0.426 e. The van der Waals surface area contributed by atoms with Gasteiger partial charge in [0.05, 0.1) is 11.1 Å². The van der Waals surface area contributed by atoms with E-state index in [-0.39, 0.29) is 54.0 Å². The van der Waals surface area contributed by atoms with Gasteiger partial charge in [-0.3, -0.25) is 24.1 Å². The van der Waals surface area contributed by atoms with Crippen LogP contribution in [0.3, 0.4) is 0 Å². The molecule has 2 aromatic carbocycles. The number of benzene rings is 2. The van der Waals surface area contributed by atoms with Crippen molar-refractivity contribution in [3.05, 3.63) is 75.6 Å². The molecule has 0 fully saturated rings. The van der Waals surface area contributed by atoms with Crippen molar-refractivity contribution in [2.75, 3.05) is 13.1 Å². The summed E-state index contributed by atoms with van der Waals surface area (Å²) in [6.45, 7) is 4.40. The molecule has 0 spiro atoms. The van der Waals surface area contributed by atoms with Crippen LogP contribution in [0.15, 0.2) is 57.7 Å². The van der Waals surface area contributed by atoms with Gasteiger partial charge in [-0.15, -0.1) is 0 Å². The van der Waals surface area contributed by atoms with Gasteiger partial charge in [0.25, 0.3) is 17.7 Å². The molecule has 1 aliphatic heterocycles. The van der Waals surface area contributed by atoms with Crippen LogP contribution in [-0.2, 0) is 4.79 Å². The minimum absolute atomic E-state index is 0.0235. The van der Waals surface area contributed by atoms with E-state index in [2.05, 4.69) is 5.32 Å². The lowest BCUT2D eigenvalue weighted by molar-refractivity contribution is -0.134. The Labute approximate surface area is 200 Å². The molecule has 9 heteroatoms. The van der Waals surface area contributed by atoms with Crippen molar-refractivity contribution in [3.8, 4) is 5.75 Å². The maximum atomic E-state index is 12.4. The number of amides is 3. The summed E-state index contributed by atoms with van der Waals surface area (Å²) in [5.41, 5.74) is 0.00236. The van der Waals surface area contributed by atoms with E-state index in [1.165, 1.54) is 18.2 Å². The Bertz CT molecular complexity index is 1350. The highest BCUT2D eigenvalue weighted by Gasteiger charge is 2.34. The third-order valence-corrected chi connectivity index (χ3v) is 5.50. The van der Waals surface area contributed by atoms with E-state index in [4.69, 9.17) is 9.15 Å². The number of ether oxygens (including phenoxy) is 1. The molecule has 0 atom stereocenters. The molecule has 1 N–H and O–H groups in total. The Morgan fingerprint density at radius 2 is 1.69 bits per heavy atom. The molecular formula is C26H24N2O7. The van der Waals surface area contributed by atoms with Gasteiger partial charge in [-0.05, 0) is 42.7 Å². The number of imide groups is 1. The zero-order chi connectivity index (χ0) is 25.1. The molecule has 1 aromatic heterocycles. The first-order valence-corrected chi connectivity index (χ1v) is 11.3. The first-order valence-electron chi connectivity index (χ1n) is 11.3. The van der Waals surface area contributed by atoms with E-state index in [0.29, 0.717) is 23.1 Å². The Morgan fingerprint density at radius 1 is 1.00 bits per heavy atom. The van der Waals surface area contributed by atoms with E-state index in [0.717, 1.165) is 4.90 Å². The summed E-state index contributed by atoms with van der Waals surface area (Å²) in [4.78, 5) is 62.7. The maximum absolute atomic E-state index is 12.4. The molecule has 0 radical (unpaired) electrons. The highest BCUT2D eigenvalue weighted by atomic mass is 16.5. The first kappa shape index (κ1) is 23.9. The van der Waals surface area contributed by atoms with Crippen LogP contribution in [0.4, 0.5) is 0 Å². The van der Waals surface area contributed by atoms with Crippen LogP contribution in [0, 0.1) is 5.92 Å². The van der Waals surface area contributed by atoms with Gasteiger partial charge in [0.15, 0.2) is 0 Å². The van der Waals surface area contributed by atoms with Crippen molar-refractivity contribution in [2.24, 2.45) is 5.92 Å². The standard InChI is InChI=1S/C26H24N2O7/c1-15(2)14-27-23(30)20-12-16-9-10-17(13-21(16)35-26(20)33)34-22(29)8-5-11-28-24(31)18-6-3-4-7-19(18)25(28)32/h3-4,6-7,9-10,12-13,15H,5,8,11,14H2,1-2H3,(H,27,30). The highest BCUT2D eigenvalue weighted by Crippen LogP contribution is 2.24. The number of hydrogen-bond donors (Lipinski definition) is 1. The average molecular weight is 476 g/mol. The predicted octanol–water partition coefficient (Wildman–Crippen LogP) is 3.16. The number of carbonyl (C=O) groups excluding carboxylic acids is 4. The molecule has 3 amide bonds. The van der Waals surface area contributed by atoms with E-state index >= 15 is 0 Å². The Balaban J connectivity index is 1.35. The van der Waals surface area contributed by atoms with Crippen molar-refractivity contribution < 1.29 is 28.3 Å². The van der Waals surface area contributed by atoms with Gasteiger partial charge in [-0.2, -0.15) is 0 Å². The van der Waals surface area contributed by atoms with Crippen LogP contribution in [0.25, 0.3) is 11.0 Å². The normalized spacial score (nSPS) is 12.8. The molecule has 0 saturated carbocycles. The fraction of sp³-hybridized carbons (Fsp3) is 0.269. The number of nitrogens with one attached hydrogen (secondary N) is 1. The van der Waals surface area contributed by atoms with Gasteiger partial charge in [-0.1, -0.05) is 26.0 Å². The summed E-state index contributed by atoms with van der Waals surface area (Å²) >= 11 is 0. The van der Waals surface area contributed by atoms with Gasteiger partial charge in [0, 0.05) is 31.0 Å². The second-order valence-corrected chi connectivity index (χ2v) is 8.64. The minimum atomic E-state index is -0.789. The second kappa shape index (κ2) is 9.92. The number of fused-ring (bicyclic) bond motifs is 2. The molecule has 0 bridgehead atoms. The van der Waals surface area contributed by atoms with E-state index in [1.54, 1.807) is 30.3 Å². The lowest BCUT2D eigenvalue weighted by Gasteiger charge is -2.13. The number of nitrogens with zero attached hydrogens (tertiary/aromatic N) is 1. The SMILES string of the molecule is CC(C)CNC(=O)c1cc2ccc(OC(=O)CCCN3C(=O)c4ccccc4C3=O)cc2oc1=O. The molecule has 0 aliphatic carbocycles. The fourth-order valence-electron chi connectivity index (χ4n) is 3.71. The van der Waals surface area contributed by atoms with Crippen molar-refractivity contribution in [2.45, 2.75) is 26.7 Å². The van der Waals surface area contributed by atoms with Crippen LogP contribution in [0.2, 0.25) is 0 Å². The molecular weight excluding hydrogens is 452 g/mol. The summed E-state index contributed by atoms with van der Waals surface area (Å²) < 4.78 is 10.6. The quantitative estimate of drug-likeness (QED) is 0.229. The fourth-order valence-corrected chi connectivity index (χ4v) is 3.71. The smallest absolute Gasteiger partial charge is 0.349 e. The number of hydrogen-bond acceptors (Lipinski definition) is 7. The van der Waals surface area contributed by atoms with Crippen molar-refractivity contribution in [1.82, 2.24) is 10.2 Å². The van der Waals surface area contributed by atoms with Crippen molar-refractivity contribution in [1.29, 1.82) is 0 Å². The van der Waals surface area contributed by atoms with Crippen LogP contribution in [0.5, 0.6) is 5.75 Å². The Kier molecular flexibility index (Phi) is 6.77. The second-order valence-electron chi connectivity index (χ2n) is 8.64. The summed E-state index contributed by atoms with van der Waals surface area (Å²) in [7, 11) is 0. The van der Waals surface area contributed by atoms with Gasteiger partial charge < -0.3 is 14.5 Å². The third-order valence-electron chi connectivity index (χ3n) is 5.50. The van der Waals surface area contributed by atoms with E-state index < -0.39 is 17.5 Å². The van der Waals surface area contributed by atoms with Crippen LogP contribution in [-0.4, -0.2) is 41.7 Å². The predicted molar refractivity (Wildman–Crippen MR) is 126 cm³/mol. The maximum Gasteiger partial charge on any atom is 0.349 e. The lowest BCUT2D eigenvalue weighted by atomic mass is 10.1. The molecule has 9 nitrogen and oxygen atoms in total. The van der Waals surface area contributed by atoms with Crippen LogP contribution < -0.4 is 15.7 Å². The molecule has 3 aromatic rings. The molecule has 2 heterocycles. The Hall–Kier alpha value is -4.27. The summed E-state index contributed by atoms with van der Waals surface area (Å²) in [5, 5.41) is 3.18. The minimum Gasteiger partial charge on any atom is -0.426 e.